The molecule has 42 heavy (non-hydrogen) atoms. The van der Waals surface area contributed by atoms with Gasteiger partial charge in [0.1, 0.15) is 28.6 Å². The van der Waals surface area contributed by atoms with Gasteiger partial charge in [0.05, 0.1) is 32.3 Å². The van der Waals surface area contributed by atoms with Crippen LogP contribution < -0.4 is 19.8 Å². The molecular weight excluding hydrogens is 538 g/mol. The minimum absolute atomic E-state index is 0.103. The van der Waals surface area contributed by atoms with Crippen molar-refractivity contribution in [1.29, 1.82) is 0 Å². The van der Waals surface area contributed by atoms with Gasteiger partial charge in [-0.2, -0.15) is 0 Å². The second kappa shape index (κ2) is 12.2. The number of nitrogens with zero attached hydrogens (tertiary/aromatic N) is 1. The molecule has 0 fully saturated rings. The van der Waals surface area contributed by atoms with Crippen LogP contribution in [0.4, 0.5) is 0 Å². The number of rotatable bonds is 3. The molecular formula is C33H35NO8. The summed E-state index contributed by atoms with van der Waals surface area (Å²) in [4.78, 5) is 52.5. The van der Waals surface area contributed by atoms with Gasteiger partial charge in [-0.05, 0) is 67.8 Å². The lowest BCUT2D eigenvalue weighted by atomic mass is 9.83. The number of hydrogen-bond donors (Lipinski definition) is 0. The highest BCUT2D eigenvalue weighted by Gasteiger charge is 2.37. The molecule has 9 heteroatoms. The minimum atomic E-state index is -0.722. The average molecular weight is 574 g/mol. The van der Waals surface area contributed by atoms with Gasteiger partial charge in [-0.15, -0.1) is 0 Å². The highest BCUT2D eigenvalue weighted by atomic mass is 16.5. The van der Waals surface area contributed by atoms with Crippen LogP contribution in [0.2, 0.25) is 0 Å². The summed E-state index contributed by atoms with van der Waals surface area (Å²) in [7, 11) is 4.69. The topological polar surface area (TPSA) is 110 Å². The van der Waals surface area contributed by atoms with Gasteiger partial charge in [0.15, 0.2) is 0 Å². The molecule has 2 aliphatic heterocycles. The predicted molar refractivity (Wildman–Crippen MR) is 157 cm³/mol. The summed E-state index contributed by atoms with van der Waals surface area (Å²) in [6.45, 7) is 1.80. The lowest BCUT2D eigenvalue weighted by Gasteiger charge is -2.29. The Bertz CT molecular complexity index is 1650. The van der Waals surface area contributed by atoms with Gasteiger partial charge in [0.2, 0.25) is 0 Å². The summed E-state index contributed by atoms with van der Waals surface area (Å²) in [5.74, 6) is -0.544. The molecule has 0 radical (unpaired) electrons. The van der Waals surface area contributed by atoms with Crippen LogP contribution >= 0.6 is 0 Å². The van der Waals surface area contributed by atoms with Crippen LogP contribution in [-0.2, 0) is 21.4 Å². The minimum Gasteiger partial charge on any atom is -0.497 e. The molecule has 1 aromatic heterocycles. The lowest BCUT2D eigenvalue weighted by Crippen LogP contribution is -2.29. The van der Waals surface area contributed by atoms with E-state index in [1.54, 1.807) is 45.4 Å². The number of aromatic nitrogens is 1. The van der Waals surface area contributed by atoms with E-state index in [4.69, 9.17) is 18.9 Å². The first kappa shape index (κ1) is 29.1. The number of ether oxygens (including phenoxy) is 4. The molecule has 2 atom stereocenters. The van der Waals surface area contributed by atoms with Crippen LogP contribution in [0.5, 0.6) is 17.2 Å². The number of carbonyl (C=O) groups excluding carboxylic acids is 3. The van der Waals surface area contributed by atoms with E-state index < -0.39 is 24.0 Å². The van der Waals surface area contributed by atoms with Crippen LogP contribution in [0, 0.1) is 0 Å². The number of Topliss-reactive ketones (excluding diaryl/α,β-unsaturated/α-hetero) is 1. The normalized spacial score (nSPS) is 19.8. The maximum atomic E-state index is 13.7. The summed E-state index contributed by atoms with van der Waals surface area (Å²) in [5.41, 5.74) is 1.91. The van der Waals surface area contributed by atoms with Crippen molar-refractivity contribution >= 4 is 34.7 Å². The second-order valence-electron chi connectivity index (χ2n) is 10.8. The molecule has 220 valence electrons. The molecule has 9 nitrogen and oxygen atoms in total. The van der Waals surface area contributed by atoms with E-state index >= 15 is 0 Å². The van der Waals surface area contributed by atoms with E-state index in [2.05, 4.69) is 0 Å². The van der Waals surface area contributed by atoms with Gasteiger partial charge in [-0.3, -0.25) is 14.4 Å². The van der Waals surface area contributed by atoms with E-state index in [1.165, 1.54) is 11.7 Å². The molecule has 3 heterocycles. The largest absolute Gasteiger partial charge is 0.497 e. The number of allylic oxidation sites excluding steroid dienone is 1. The number of hydrogen-bond acceptors (Lipinski definition) is 8. The van der Waals surface area contributed by atoms with E-state index in [1.807, 2.05) is 18.2 Å². The number of fused-ring (bicyclic) bond motifs is 3. The number of cyclic esters (lactones) is 1. The Labute approximate surface area is 244 Å². The zero-order valence-electron chi connectivity index (χ0n) is 24.4. The molecule has 3 aromatic rings. The standard InChI is InChI=1S/C33H35NO8/c1-19-9-8-12-22(35)11-7-5-6-10-21-16-27-30(31(40-4)29(21)33(38)41-19)24(18-28(36)42-27)25-15-20-13-14-23(39-3)17-26(20)34(2)32(25)37/h6,10,13-17,19,24H,5,7-9,11-12,18H2,1-4H3/t19-,24-/m0/s1. The predicted octanol–water partition coefficient (Wildman–Crippen LogP) is 5.48. The van der Waals surface area contributed by atoms with E-state index in [0.717, 1.165) is 5.39 Å². The van der Waals surface area contributed by atoms with Crippen LogP contribution in [0.15, 0.2) is 41.2 Å². The van der Waals surface area contributed by atoms with Crippen molar-refractivity contribution < 1.29 is 33.3 Å². The number of esters is 2. The Kier molecular flexibility index (Phi) is 8.47. The number of methoxy groups -OCH3 is 2. The fourth-order valence-electron chi connectivity index (χ4n) is 5.82. The van der Waals surface area contributed by atoms with Crippen LogP contribution in [-0.4, -0.2) is 42.6 Å². The van der Waals surface area contributed by atoms with Crippen LogP contribution in [0.1, 0.15) is 84.8 Å². The number of ketones is 1. The Morgan fingerprint density at radius 2 is 1.76 bits per heavy atom. The molecule has 0 aliphatic carbocycles. The van der Waals surface area contributed by atoms with Crippen molar-refractivity contribution in [2.75, 3.05) is 14.2 Å². The van der Waals surface area contributed by atoms with Gasteiger partial charge in [0.25, 0.3) is 5.56 Å². The molecule has 0 amide bonds. The summed E-state index contributed by atoms with van der Waals surface area (Å²) in [5, 5.41) is 0.792. The van der Waals surface area contributed by atoms with Gasteiger partial charge < -0.3 is 23.5 Å². The number of carbonyl (C=O) groups is 3. The molecule has 2 aliphatic rings. The SMILES string of the molecule is COc1ccc2cc([C@@H]3CC(=O)Oc4cc5c(c(OC)c43)C(=O)O[C@@H](C)CCCC(=O)CCCC=C5)c(=O)n(C)c2c1. The quantitative estimate of drug-likeness (QED) is 0.299. The first-order valence-electron chi connectivity index (χ1n) is 14.2. The first-order chi connectivity index (χ1) is 20.2. The van der Waals surface area contributed by atoms with Crippen molar-refractivity contribution in [3.05, 3.63) is 69.0 Å². The Balaban J connectivity index is 1.69. The van der Waals surface area contributed by atoms with Gasteiger partial charge in [-0.25, -0.2) is 4.79 Å². The summed E-state index contributed by atoms with van der Waals surface area (Å²) in [6, 6.07) is 8.86. The van der Waals surface area contributed by atoms with Crippen LogP contribution in [0.3, 0.4) is 0 Å². The number of benzene rings is 2. The highest BCUT2D eigenvalue weighted by Crippen LogP contribution is 2.47. The molecule has 5 rings (SSSR count). The molecule has 0 spiro atoms. The van der Waals surface area contributed by atoms with E-state index in [0.29, 0.717) is 66.5 Å². The van der Waals surface area contributed by atoms with Crippen molar-refractivity contribution in [3.8, 4) is 17.2 Å². The zero-order valence-corrected chi connectivity index (χ0v) is 24.4. The van der Waals surface area contributed by atoms with E-state index in [-0.39, 0.29) is 34.8 Å². The van der Waals surface area contributed by atoms with Crippen LogP contribution in [0.25, 0.3) is 17.0 Å². The zero-order chi connectivity index (χ0) is 30.0. The van der Waals surface area contributed by atoms with Crippen molar-refractivity contribution in [2.24, 2.45) is 7.05 Å². The summed E-state index contributed by atoms with van der Waals surface area (Å²) in [6.07, 6.45) is 6.58. The fourth-order valence-corrected chi connectivity index (χ4v) is 5.82. The first-order valence-corrected chi connectivity index (χ1v) is 14.2. The smallest absolute Gasteiger partial charge is 0.342 e. The van der Waals surface area contributed by atoms with Crippen molar-refractivity contribution in [3.63, 3.8) is 0 Å². The monoisotopic (exact) mass is 573 g/mol. The number of aryl methyl sites for hydroxylation is 1. The average Bonchev–Trinajstić information content (AvgIpc) is 2.96. The maximum absolute atomic E-state index is 13.7. The van der Waals surface area contributed by atoms with Gasteiger partial charge in [0, 0.05) is 43.0 Å². The van der Waals surface area contributed by atoms with Gasteiger partial charge in [-0.1, -0.05) is 12.2 Å². The molecule has 0 bridgehead atoms. The third-order valence-corrected chi connectivity index (χ3v) is 8.00. The fraction of sp³-hybridized carbons (Fsp3) is 0.394. The molecule has 0 N–H and O–H groups in total. The Morgan fingerprint density at radius 3 is 2.52 bits per heavy atom. The molecule has 0 unspecified atom stereocenters. The van der Waals surface area contributed by atoms with Crippen molar-refractivity contribution in [1.82, 2.24) is 4.57 Å². The summed E-state index contributed by atoms with van der Waals surface area (Å²) < 4.78 is 24.3. The van der Waals surface area contributed by atoms with E-state index in [9.17, 15) is 19.2 Å². The maximum Gasteiger partial charge on any atom is 0.342 e. The Hall–Kier alpha value is -4.40. The molecule has 0 saturated heterocycles. The number of pyridine rings is 1. The third-order valence-electron chi connectivity index (χ3n) is 8.00. The Morgan fingerprint density at radius 1 is 0.976 bits per heavy atom. The van der Waals surface area contributed by atoms with Gasteiger partial charge >= 0.3 is 11.9 Å². The lowest BCUT2D eigenvalue weighted by molar-refractivity contribution is -0.135. The molecule has 0 saturated carbocycles. The third kappa shape index (κ3) is 5.68. The highest BCUT2D eigenvalue weighted by molar-refractivity contribution is 5.99. The van der Waals surface area contributed by atoms with Crippen molar-refractivity contribution in [2.45, 2.75) is 63.9 Å². The summed E-state index contributed by atoms with van der Waals surface area (Å²) >= 11 is 0. The molecule has 2 aromatic carbocycles. The second-order valence-corrected chi connectivity index (χ2v) is 10.8.